The van der Waals surface area contributed by atoms with Crippen molar-refractivity contribution in [1.82, 2.24) is 0 Å². The first-order valence-electron chi connectivity index (χ1n) is 14.8. The molecule has 0 aliphatic carbocycles. The molecule has 0 radical (unpaired) electrons. The van der Waals surface area contributed by atoms with Gasteiger partial charge in [-0.1, -0.05) is 99.6 Å². The summed E-state index contributed by atoms with van der Waals surface area (Å²) in [5.74, 6) is -3.85. The van der Waals surface area contributed by atoms with Crippen LogP contribution in [0.1, 0.15) is 38.1 Å². The lowest BCUT2D eigenvalue weighted by Crippen LogP contribution is -2.70. The summed E-state index contributed by atoms with van der Waals surface area (Å²) in [4.78, 5) is 26.5. The average molecular weight is 617 g/mol. The number of ether oxygens (including phenoxy) is 4. The fraction of sp³-hybridized carbons (Fsp3) is 0.371. The zero-order valence-electron chi connectivity index (χ0n) is 25.8. The first kappa shape index (κ1) is 32.0. The Balaban J connectivity index is 1.60. The van der Waals surface area contributed by atoms with Gasteiger partial charge in [0.15, 0.2) is 18.2 Å². The molecule has 232 valence electrons. The third kappa shape index (κ3) is 6.08. The van der Waals surface area contributed by atoms with E-state index >= 15 is 0 Å². The number of hydrogen-bond acceptors (Lipinski definition) is 8. The van der Waals surface area contributed by atoms with Gasteiger partial charge in [-0.2, -0.15) is 0 Å². The lowest BCUT2D eigenvalue weighted by Gasteiger charge is -2.51. The molecule has 3 aromatic carbocycles. The molecule has 1 fully saturated rings. The van der Waals surface area contributed by atoms with Gasteiger partial charge in [0.05, 0.1) is 30.8 Å². The standard InChI is InChI=1S/C35H40O8Si/c1-24(36)28-21-30(39-5)42-29-22-40-35(38,32(31(28)29)43-33(37)25-15-9-6-10-16-25)23-41-44(34(2,3)4,26-17-11-7-12-18-26)27-19-13-8-14-20-27/h6-21,29-32,38H,22-23H2,1-5H3/t29-,30+,31+,32+,35+/m1/s1. The Morgan fingerprint density at radius 2 is 1.48 bits per heavy atom. The highest BCUT2D eigenvalue weighted by Crippen LogP contribution is 2.43. The maximum absolute atomic E-state index is 13.5. The molecule has 2 aliphatic heterocycles. The molecule has 5 rings (SSSR count). The molecule has 0 unspecified atom stereocenters. The van der Waals surface area contributed by atoms with Crippen molar-refractivity contribution in [2.24, 2.45) is 5.92 Å². The molecule has 9 heteroatoms. The highest BCUT2D eigenvalue weighted by molar-refractivity contribution is 6.99. The van der Waals surface area contributed by atoms with E-state index < -0.39 is 44.5 Å². The molecule has 0 aromatic heterocycles. The molecular weight excluding hydrogens is 576 g/mol. The summed E-state index contributed by atoms with van der Waals surface area (Å²) in [5, 5.41) is 14.0. The molecule has 5 atom stereocenters. The van der Waals surface area contributed by atoms with Crippen molar-refractivity contribution in [2.45, 2.75) is 57.0 Å². The molecule has 44 heavy (non-hydrogen) atoms. The SMILES string of the molecule is CO[C@@H]1C=C(C(C)=O)[C@H]2[C@@H](CO[C@@](O)(CO[Si](c3ccccc3)(c3ccccc3)C(C)(C)C)[C@H]2OC(=O)c2ccccc2)O1. The van der Waals surface area contributed by atoms with Gasteiger partial charge in [0.25, 0.3) is 8.32 Å². The Bertz CT molecular complexity index is 1430. The van der Waals surface area contributed by atoms with Crippen LogP contribution in [-0.4, -0.2) is 69.8 Å². The Labute approximate surface area is 259 Å². The third-order valence-electron chi connectivity index (χ3n) is 8.45. The van der Waals surface area contributed by atoms with Crippen LogP contribution in [0, 0.1) is 5.92 Å². The third-order valence-corrected chi connectivity index (χ3v) is 13.4. The second kappa shape index (κ2) is 12.9. The number of aliphatic hydroxyl groups is 1. The average Bonchev–Trinajstić information content (AvgIpc) is 3.03. The van der Waals surface area contributed by atoms with Crippen molar-refractivity contribution < 1.29 is 38.1 Å². The van der Waals surface area contributed by atoms with Crippen LogP contribution in [-0.2, 0) is 28.2 Å². The number of methoxy groups -OCH3 is 1. The predicted molar refractivity (Wildman–Crippen MR) is 168 cm³/mol. The number of fused-ring (bicyclic) bond motifs is 1. The summed E-state index contributed by atoms with van der Waals surface area (Å²) in [7, 11) is -1.65. The van der Waals surface area contributed by atoms with Crippen LogP contribution in [0.3, 0.4) is 0 Å². The minimum absolute atomic E-state index is 0.0743. The van der Waals surface area contributed by atoms with Crippen LogP contribution < -0.4 is 10.4 Å². The van der Waals surface area contributed by atoms with Crippen LogP contribution in [0.25, 0.3) is 0 Å². The van der Waals surface area contributed by atoms with Gasteiger partial charge < -0.3 is 28.5 Å². The lowest BCUT2D eigenvalue weighted by atomic mass is 9.79. The van der Waals surface area contributed by atoms with Gasteiger partial charge in [0, 0.05) is 12.7 Å². The summed E-state index contributed by atoms with van der Waals surface area (Å²) < 4.78 is 30.7. The highest BCUT2D eigenvalue weighted by Gasteiger charge is 2.59. The topological polar surface area (TPSA) is 101 Å². The number of hydrogen-bond donors (Lipinski definition) is 1. The van der Waals surface area contributed by atoms with E-state index in [0.717, 1.165) is 10.4 Å². The van der Waals surface area contributed by atoms with Crippen molar-refractivity contribution in [3.8, 4) is 0 Å². The smallest absolute Gasteiger partial charge is 0.338 e. The van der Waals surface area contributed by atoms with E-state index in [0.29, 0.717) is 11.1 Å². The summed E-state index contributed by atoms with van der Waals surface area (Å²) in [6.07, 6.45) is -1.27. The van der Waals surface area contributed by atoms with Crippen LogP contribution in [0.4, 0.5) is 0 Å². The van der Waals surface area contributed by atoms with Gasteiger partial charge in [-0.15, -0.1) is 0 Å². The van der Waals surface area contributed by atoms with Gasteiger partial charge >= 0.3 is 5.97 Å². The summed E-state index contributed by atoms with van der Waals surface area (Å²) in [6.45, 7) is 7.42. The number of esters is 1. The number of carbonyl (C=O) groups is 2. The maximum atomic E-state index is 13.5. The highest BCUT2D eigenvalue weighted by atomic mass is 28.4. The largest absolute Gasteiger partial charge is 0.452 e. The summed E-state index contributed by atoms with van der Waals surface area (Å²) in [6, 6.07) is 28.5. The van der Waals surface area contributed by atoms with Gasteiger partial charge in [0.2, 0.25) is 5.79 Å². The van der Waals surface area contributed by atoms with E-state index in [1.807, 2.05) is 36.4 Å². The van der Waals surface area contributed by atoms with Crippen LogP contribution in [0.5, 0.6) is 0 Å². The fourth-order valence-corrected chi connectivity index (χ4v) is 10.9. The number of benzene rings is 3. The van der Waals surface area contributed by atoms with E-state index in [1.54, 1.807) is 36.4 Å². The zero-order chi connectivity index (χ0) is 31.5. The molecule has 2 aliphatic rings. The van der Waals surface area contributed by atoms with Gasteiger partial charge in [0.1, 0.15) is 0 Å². The molecule has 8 nitrogen and oxygen atoms in total. The van der Waals surface area contributed by atoms with E-state index in [-0.39, 0.29) is 24.0 Å². The quantitative estimate of drug-likeness (QED) is 0.285. The van der Waals surface area contributed by atoms with E-state index in [2.05, 4.69) is 45.0 Å². The van der Waals surface area contributed by atoms with Gasteiger partial charge in [-0.25, -0.2) is 4.79 Å². The molecule has 1 saturated heterocycles. The normalized spacial score (nSPS) is 25.5. The van der Waals surface area contributed by atoms with Crippen molar-refractivity contribution in [3.63, 3.8) is 0 Å². The zero-order valence-corrected chi connectivity index (χ0v) is 26.8. The number of rotatable bonds is 9. The summed E-state index contributed by atoms with van der Waals surface area (Å²) in [5.41, 5.74) is 0.635. The molecule has 2 heterocycles. The Morgan fingerprint density at radius 1 is 0.932 bits per heavy atom. The number of Topliss-reactive ketones (excluding diaryl/α,β-unsaturated/α-hetero) is 1. The summed E-state index contributed by atoms with van der Waals surface area (Å²) >= 11 is 0. The Morgan fingerprint density at radius 3 is 1.98 bits per heavy atom. The van der Waals surface area contributed by atoms with Gasteiger partial charge in [-0.3, -0.25) is 4.79 Å². The van der Waals surface area contributed by atoms with Gasteiger partial charge in [-0.05, 0) is 40.5 Å². The molecule has 3 aromatic rings. The first-order chi connectivity index (χ1) is 21.0. The Kier molecular flexibility index (Phi) is 9.36. The molecule has 0 spiro atoms. The maximum Gasteiger partial charge on any atom is 0.338 e. The van der Waals surface area contributed by atoms with Crippen molar-refractivity contribution >= 4 is 30.4 Å². The second-order valence-electron chi connectivity index (χ2n) is 12.3. The second-order valence-corrected chi connectivity index (χ2v) is 16.6. The molecule has 1 N–H and O–H groups in total. The van der Waals surface area contributed by atoms with Crippen molar-refractivity contribution in [1.29, 1.82) is 0 Å². The molecule has 0 saturated carbocycles. The molecular formula is C35H40O8Si. The van der Waals surface area contributed by atoms with Crippen LogP contribution >= 0.6 is 0 Å². The minimum atomic E-state index is -3.13. The first-order valence-corrected chi connectivity index (χ1v) is 16.7. The monoisotopic (exact) mass is 616 g/mol. The minimum Gasteiger partial charge on any atom is -0.452 e. The molecule has 0 amide bonds. The van der Waals surface area contributed by atoms with Crippen LogP contribution in [0.15, 0.2) is 103 Å². The van der Waals surface area contributed by atoms with Crippen molar-refractivity contribution in [2.75, 3.05) is 20.3 Å². The number of ketones is 1. The van der Waals surface area contributed by atoms with Crippen LogP contribution in [0.2, 0.25) is 5.04 Å². The fourth-order valence-electron chi connectivity index (χ4n) is 6.34. The van der Waals surface area contributed by atoms with E-state index in [1.165, 1.54) is 14.0 Å². The van der Waals surface area contributed by atoms with Crippen molar-refractivity contribution in [3.05, 3.63) is 108 Å². The number of carbonyl (C=O) groups excluding carboxylic acids is 2. The van der Waals surface area contributed by atoms with E-state index in [4.69, 9.17) is 23.4 Å². The predicted octanol–water partition coefficient (Wildman–Crippen LogP) is 4.01. The van der Waals surface area contributed by atoms with E-state index in [9.17, 15) is 14.7 Å². The Hall–Kier alpha value is -3.44. The molecule has 0 bridgehead atoms. The lowest BCUT2D eigenvalue weighted by molar-refractivity contribution is -0.330.